The molecule has 0 bridgehead atoms. The first-order valence-electron chi connectivity index (χ1n) is 7.21. The summed E-state index contributed by atoms with van der Waals surface area (Å²) in [6.45, 7) is 5.49. The Morgan fingerprint density at radius 1 is 1.35 bits per heavy atom. The molecule has 0 N–H and O–H groups in total. The van der Waals surface area contributed by atoms with Crippen LogP contribution in [0.15, 0.2) is 24.4 Å². The van der Waals surface area contributed by atoms with Crippen molar-refractivity contribution in [2.75, 3.05) is 31.6 Å². The maximum atomic E-state index is 4.84. The molecule has 3 rings (SSSR count). The van der Waals surface area contributed by atoms with Gasteiger partial charge in [-0.3, -0.25) is 4.90 Å². The van der Waals surface area contributed by atoms with Crippen LogP contribution in [-0.2, 0) is 5.33 Å². The summed E-state index contributed by atoms with van der Waals surface area (Å²) in [5, 5.41) is 0.830. The van der Waals surface area contributed by atoms with Crippen molar-refractivity contribution in [2.24, 2.45) is 0 Å². The summed E-state index contributed by atoms with van der Waals surface area (Å²) < 4.78 is 2.18. The van der Waals surface area contributed by atoms with Crippen LogP contribution < -0.4 is 4.90 Å². The molecule has 0 aromatic carbocycles. The van der Waals surface area contributed by atoms with Gasteiger partial charge in [0.05, 0.1) is 5.69 Å². The minimum Gasteiger partial charge on any atom is -0.352 e. The van der Waals surface area contributed by atoms with Crippen molar-refractivity contribution in [3.8, 4) is 0 Å². The largest absolute Gasteiger partial charge is 0.352 e. The van der Waals surface area contributed by atoms with Crippen molar-refractivity contribution in [2.45, 2.75) is 24.7 Å². The highest BCUT2D eigenvalue weighted by molar-refractivity contribution is 9.08. The Labute approximate surface area is 128 Å². The van der Waals surface area contributed by atoms with Gasteiger partial charge in [0.2, 0.25) is 0 Å². The van der Waals surface area contributed by atoms with Gasteiger partial charge in [0.1, 0.15) is 5.65 Å². The first-order chi connectivity index (χ1) is 9.74. The zero-order valence-corrected chi connectivity index (χ0v) is 13.7. The Morgan fingerprint density at radius 3 is 2.95 bits per heavy atom. The Hall–Kier alpha value is -1.07. The minimum atomic E-state index is 0.622. The van der Waals surface area contributed by atoms with E-state index in [9.17, 15) is 0 Å². The summed E-state index contributed by atoms with van der Waals surface area (Å²) >= 11 is 3.62. The third kappa shape index (κ3) is 2.33. The van der Waals surface area contributed by atoms with Gasteiger partial charge in [-0.1, -0.05) is 28.9 Å². The van der Waals surface area contributed by atoms with E-state index in [0.717, 1.165) is 36.4 Å². The number of pyridine rings is 1. The molecule has 0 saturated carbocycles. The summed E-state index contributed by atoms with van der Waals surface area (Å²) in [7, 11) is 2.22. The van der Waals surface area contributed by atoms with E-state index >= 15 is 0 Å². The molecule has 1 fully saturated rings. The van der Waals surface area contributed by atoms with E-state index in [1.54, 1.807) is 0 Å². The zero-order valence-electron chi connectivity index (χ0n) is 12.1. The number of hydrogen-bond donors (Lipinski definition) is 0. The van der Waals surface area contributed by atoms with Gasteiger partial charge in [-0.2, -0.15) is 0 Å². The van der Waals surface area contributed by atoms with Crippen molar-refractivity contribution in [3.63, 3.8) is 0 Å². The molecule has 2 aromatic heterocycles. The number of halogens is 1. The number of piperazine rings is 1. The molecule has 2 aromatic rings. The monoisotopic (exact) mass is 336 g/mol. The van der Waals surface area contributed by atoms with E-state index in [1.165, 1.54) is 12.1 Å². The third-order valence-electron chi connectivity index (χ3n) is 4.28. The van der Waals surface area contributed by atoms with E-state index in [-0.39, 0.29) is 0 Å². The first kappa shape index (κ1) is 13.9. The molecule has 0 radical (unpaired) electrons. The van der Waals surface area contributed by atoms with E-state index in [4.69, 9.17) is 4.98 Å². The molecule has 4 nitrogen and oxygen atoms in total. The van der Waals surface area contributed by atoms with Gasteiger partial charge >= 0.3 is 0 Å². The highest BCUT2D eigenvalue weighted by Crippen LogP contribution is 2.26. The number of likely N-dealkylation sites (N-methyl/N-ethyl adjacent to an activating group) is 1. The van der Waals surface area contributed by atoms with E-state index < -0.39 is 0 Å². The van der Waals surface area contributed by atoms with Crippen molar-refractivity contribution in [1.29, 1.82) is 0 Å². The fourth-order valence-electron chi connectivity index (χ4n) is 2.99. The van der Waals surface area contributed by atoms with Crippen molar-refractivity contribution >= 4 is 27.4 Å². The van der Waals surface area contributed by atoms with Gasteiger partial charge in [-0.15, -0.1) is 0 Å². The molecule has 20 heavy (non-hydrogen) atoms. The van der Waals surface area contributed by atoms with Gasteiger partial charge in [-0.05, 0) is 25.6 Å². The van der Waals surface area contributed by atoms with Crippen LogP contribution in [0.1, 0.15) is 19.0 Å². The van der Waals surface area contributed by atoms with Crippen LogP contribution in [0.25, 0.3) is 5.65 Å². The lowest BCUT2D eigenvalue weighted by Gasteiger charge is -2.39. The number of anilines is 1. The molecule has 1 aliphatic rings. The van der Waals surface area contributed by atoms with Crippen LogP contribution >= 0.6 is 15.9 Å². The summed E-state index contributed by atoms with van der Waals surface area (Å²) in [4.78, 5) is 9.74. The maximum Gasteiger partial charge on any atom is 0.152 e. The van der Waals surface area contributed by atoms with Gasteiger partial charge in [0.25, 0.3) is 0 Å². The predicted octanol–water partition coefficient (Wildman–Crippen LogP) is 2.76. The van der Waals surface area contributed by atoms with Gasteiger partial charge < -0.3 is 9.30 Å². The second kappa shape index (κ2) is 5.74. The Kier molecular flexibility index (Phi) is 3.98. The highest BCUT2D eigenvalue weighted by Gasteiger charge is 2.26. The molecular formula is C15H21BrN4. The molecule has 0 spiro atoms. The van der Waals surface area contributed by atoms with Crippen LogP contribution in [0.2, 0.25) is 0 Å². The Morgan fingerprint density at radius 2 is 2.20 bits per heavy atom. The maximum absolute atomic E-state index is 4.84. The summed E-state index contributed by atoms with van der Waals surface area (Å²) in [5.74, 6) is 1.14. The zero-order chi connectivity index (χ0) is 14.1. The van der Waals surface area contributed by atoms with E-state index in [1.807, 2.05) is 6.07 Å². The fourth-order valence-corrected chi connectivity index (χ4v) is 3.51. The van der Waals surface area contributed by atoms with Crippen LogP contribution in [-0.4, -0.2) is 47.0 Å². The minimum absolute atomic E-state index is 0.622. The molecule has 1 saturated heterocycles. The topological polar surface area (TPSA) is 23.8 Å². The molecule has 1 aliphatic heterocycles. The van der Waals surface area contributed by atoms with E-state index in [2.05, 4.69) is 62.4 Å². The normalized spacial score (nSPS) is 20.8. The van der Waals surface area contributed by atoms with Crippen LogP contribution in [0, 0.1) is 0 Å². The second-order valence-electron chi connectivity index (χ2n) is 5.43. The smallest absolute Gasteiger partial charge is 0.152 e. The molecule has 108 valence electrons. The lowest BCUT2D eigenvalue weighted by molar-refractivity contribution is 0.213. The molecule has 1 atom stereocenters. The predicted molar refractivity (Wildman–Crippen MR) is 86.7 cm³/mol. The van der Waals surface area contributed by atoms with E-state index in [0.29, 0.717) is 6.04 Å². The number of nitrogens with zero attached hydrogens (tertiary/aromatic N) is 4. The molecule has 3 heterocycles. The number of alkyl halides is 1. The van der Waals surface area contributed by atoms with Crippen molar-refractivity contribution < 1.29 is 0 Å². The molecule has 1 unspecified atom stereocenters. The Bertz CT molecular complexity index is 595. The highest BCUT2D eigenvalue weighted by atomic mass is 79.9. The quantitative estimate of drug-likeness (QED) is 0.805. The van der Waals surface area contributed by atoms with Gasteiger partial charge in [0.15, 0.2) is 5.82 Å². The second-order valence-corrected chi connectivity index (χ2v) is 5.99. The summed E-state index contributed by atoms with van der Waals surface area (Å²) in [6.07, 6.45) is 3.28. The van der Waals surface area contributed by atoms with Crippen LogP contribution in [0.4, 0.5) is 5.82 Å². The Balaban J connectivity index is 1.97. The number of imidazole rings is 1. The SMILES string of the molecule is CCC1CN(c2nc3ccccn3c2CBr)CCN1C. The van der Waals surface area contributed by atoms with Gasteiger partial charge in [-0.25, -0.2) is 4.98 Å². The van der Waals surface area contributed by atoms with Gasteiger partial charge in [0, 0.05) is 37.2 Å². The van der Waals surface area contributed by atoms with Crippen LogP contribution in [0.3, 0.4) is 0 Å². The van der Waals surface area contributed by atoms with Crippen molar-refractivity contribution in [3.05, 3.63) is 30.1 Å². The summed E-state index contributed by atoms with van der Waals surface area (Å²) in [6, 6.07) is 6.80. The third-order valence-corrected chi connectivity index (χ3v) is 4.81. The molecule has 0 amide bonds. The lowest BCUT2D eigenvalue weighted by Crippen LogP contribution is -2.51. The van der Waals surface area contributed by atoms with Crippen LogP contribution in [0.5, 0.6) is 0 Å². The molecule has 0 aliphatic carbocycles. The molecular weight excluding hydrogens is 316 g/mol. The first-order valence-corrected chi connectivity index (χ1v) is 8.33. The molecule has 5 heteroatoms. The number of fused-ring (bicyclic) bond motifs is 1. The average molecular weight is 337 g/mol. The van der Waals surface area contributed by atoms with Crippen molar-refractivity contribution in [1.82, 2.24) is 14.3 Å². The number of rotatable bonds is 3. The lowest BCUT2D eigenvalue weighted by atomic mass is 10.1. The standard InChI is InChI=1S/C15H21BrN4/c1-3-12-11-19(9-8-18(12)2)15-13(10-16)20-7-5-4-6-14(20)17-15/h4-7,12H,3,8-11H2,1-2H3. The number of aromatic nitrogens is 2. The average Bonchev–Trinajstić information content (AvgIpc) is 2.86. The summed E-state index contributed by atoms with van der Waals surface area (Å²) in [5.41, 5.74) is 2.28. The number of hydrogen-bond acceptors (Lipinski definition) is 3. The fraction of sp³-hybridized carbons (Fsp3) is 0.533.